The summed E-state index contributed by atoms with van der Waals surface area (Å²) in [6.07, 6.45) is 0.133. The van der Waals surface area contributed by atoms with Gasteiger partial charge in [-0.15, -0.1) is 0 Å². The maximum absolute atomic E-state index is 11.7. The van der Waals surface area contributed by atoms with Crippen molar-refractivity contribution in [1.82, 2.24) is 10.6 Å². The second-order valence-corrected chi connectivity index (χ2v) is 3.84. The van der Waals surface area contributed by atoms with Crippen molar-refractivity contribution in [2.75, 3.05) is 19.4 Å². The van der Waals surface area contributed by atoms with Crippen LogP contribution in [-0.2, 0) is 16.0 Å². The highest BCUT2D eigenvalue weighted by molar-refractivity contribution is 5.88. The number of hydrogen-bond donors (Lipinski definition) is 4. The fourth-order valence-corrected chi connectivity index (χ4v) is 1.43. The molecule has 1 rings (SSSR count). The number of nitrogen functional groups attached to an aromatic ring is 1. The third-order valence-corrected chi connectivity index (χ3v) is 2.43. The molecule has 0 saturated heterocycles. The van der Waals surface area contributed by atoms with Crippen LogP contribution in [0.3, 0.4) is 0 Å². The molecule has 0 aliphatic carbocycles. The Morgan fingerprint density at radius 1 is 1.33 bits per heavy atom. The van der Waals surface area contributed by atoms with E-state index in [0.29, 0.717) is 5.69 Å². The average Bonchev–Trinajstić information content (AvgIpc) is 2.37. The summed E-state index contributed by atoms with van der Waals surface area (Å²) in [6.45, 7) is -0.437. The molecule has 1 unspecified atom stereocenters. The molecule has 18 heavy (non-hydrogen) atoms. The first-order valence-corrected chi connectivity index (χ1v) is 5.53. The fraction of sp³-hybridized carbons (Fsp3) is 0.333. The second-order valence-electron chi connectivity index (χ2n) is 3.84. The van der Waals surface area contributed by atoms with Crippen LogP contribution >= 0.6 is 0 Å². The van der Waals surface area contributed by atoms with Gasteiger partial charge in [0.15, 0.2) is 0 Å². The van der Waals surface area contributed by atoms with Gasteiger partial charge < -0.3 is 21.5 Å². The van der Waals surface area contributed by atoms with Gasteiger partial charge in [-0.05, 0) is 17.7 Å². The lowest BCUT2D eigenvalue weighted by Gasteiger charge is -2.14. The fourth-order valence-electron chi connectivity index (χ4n) is 1.43. The number of rotatable bonds is 5. The molecule has 0 aromatic heterocycles. The van der Waals surface area contributed by atoms with Gasteiger partial charge >= 0.3 is 0 Å². The number of benzene rings is 1. The van der Waals surface area contributed by atoms with Crippen LogP contribution in [0.2, 0.25) is 0 Å². The zero-order valence-electron chi connectivity index (χ0n) is 10.1. The highest BCUT2D eigenvalue weighted by Crippen LogP contribution is 2.06. The summed E-state index contributed by atoms with van der Waals surface area (Å²) in [6, 6.07) is 5.96. The Hall–Kier alpha value is -2.08. The number of anilines is 1. The Morgan fingerprint density at radius 2 is 1.94 bits per heavy atom. The minimum absolute atomic E-state index is 0.133. The molecule has 0 radical (unpaired) electrons. The van der Waals surface area contributed by atoms with Crippen LogP contribution in [0.5, 0.6) is 0 Å². The Labute approximate surface area is 105 Å². The van der Waals surface area contributed by atoms with Crippen LogP contribution in [0.15, 0.2) is 24.3 Å². The van der Waals surface area contributed by atoms with E-state index in [1.165, 1.54) is 7.05 Å². The van der Waals surface area contributed by atoms with Gasteiger partial charge in [0.2, 0.25) is 11.8 Å². The molecule has 6 nitrogen and oxygen atoms in total. The maximum atomic E-state index is 11.7. The van der Waals surface area contributed by atoms with Crippen molar-refractivity contribution < 1.29 is 14.7 Å². The number of likely N-dealkylation sites (N-methyl/N-ethyl adjacent to an activating group) is 1. The van der Waals surface area contributed by atoms with Gasteiger partial charge in [0.1, 0.15) is 6.04 Å². The highest BCUT2D eigenvalue weighted by atomic mass is 16.3. The van der Waals surface area contributed by atoms with E-state index in [1.807, 2.05) is 0 Å². The quantitative estimate of drug-likeness (QED) is 0.506. The van der Waals surface area contributed by atoms with Gasteiger partial charge in [-0.25, -0.2) is 0 Å². The molecule has 1 aromatic carbocycles. The largest absolute Gasteiger partial charge is 0.399 e. The number of carbonyl (C=O) groups is 2. The third-order valence-electron chi connectivity index (χ3n) is 2.43. The van der Waals surface area contributed by atoms with E-state index < -0.39 is 18.6 Å². The molecule has 6 heteroatoms. The third kappa shape index (κ3) is 4.06. The maximum Gasteiger partial charge on any atom is 0.244 e. The first-order chi connectivity index (χ1) is 8.56. The molecule has 2 amide bonds. The predicted molar refractivity (Wildman–Crippen MR) is 67.6 cm³/mol. The lowest BCUT2D eigenvalue weighted by atomic mass is 10.1. The van der Waals surface area contributed by atoms with Crippen molar-refractivity contribution in [1.29, 1.82) is 0 Å². The molecular weight excluding hydrogens is 234 g/mol. The molecule has 1 aromatic rings. The molecular formula is C12H17N3O3. The summed E-state index contributed by atoms with van der Waals surface area (Å²) in [5.41, 5.74) is 6.94. The Kier molecular flexibility index (Phi) is 5.13. The van der Waals surface area contributed by atoms with Gasteiger partial charge in [-0.3, -0.25) is 9.59 Å². The molecule has 5 N–H and O–H groups in total. The molecule has 0 bridgehead atoms. The van der Waals surface area contributed by atoms with Crippen LogP contribution in [0.1, 0.15) is 5.56 Å². The predicted octanol–water partition coefficient (Wildman–Crippen LogP) is -0.966. The van der Waals surface area contributed by atoms with Crippen molar-refractivity contribution in [3.05, 3.63) is 29.8 Å². The van der Waals surface area contributed by atoms with Crippen molar-refractivity contribution >= 4 is 17.5 Å². The number of nitrogens with two attached hydrogens (primary N) is 1. The topological polar surface area (TPSA) is 104 Å². The van der Waals surface area contributed by atoms with E-state index in [9.17, 15) is 9.59 Å². The van der Waals surface area contributed by atoms with E-state index >= 15 is 0 Å². The molecule has 1 atom stereocenters. The molecule has 0 aliphatic rings. The molecule has 0 fully saturated rings. The number of amides is 2. The minimum atomic E-state index is -0.920. The van der Waals surface area contributed by atoms with E-state index in [2.05, 4.69) is 10.6 Å². The molecule has 0 aliphatic heterocycles. The lowest BCUT2D eigenvalue weighted by Crippen LogP contribution is -2.48. The number of hydrogen-bond acceptors (Lipinski definition) is 4. The smallest absolute Gasteiger partial charge is 0.244 e. The van der Waals surface area contributed by atoms with Crippen LogP contribution < -0.4 is 16.4 Å². The lowest BCUT2D eigenvalue weighted by molar-refractivity contribution is -0.129. The number of aliphatic hydroxyl groups excluding tert-OH is 1. The summed E-state index contributed by atoms with van der Waals surface area (Å²) in [5, 5.41) is 13.8. The summed E-state index contributed by atoms with van der Waals surface area (Å²) in [7, 11) is 1.44. The standard InChI is InChI=1S/C12H17N3O3/c1-14-12(18)10(7-16)15-11(17)6-8-2-4-9(13)5-3-8/h2-5,10,16H,6-7,13H2,1H3,(H,14,18)(H,15,17). The first kappa shape index (κ1) is 14.0. The molecule has 0 saturated carbocycles. The second kappa shape index (κ2) is 6.61. The summed E-state index contributed by atoms with van der Waals surface area (Å²) in [5.74, 6) is -0.759. The molecule has 0 spiro atoms. The molecule has 98 valence electrons. The zero-order chi connectivity index (χ0) is 13.5. The van der Waals surface area contributed by atoms with Crippen molar-refractivity contribution in [3.63, 3.8) is 0 Å². The zero-order valence-corrected chi connectivity index (χ0v) is 10.1. The van der Waals surface area contributed by atoms with Gasteiger partial charge in [0.05, 0.1) is 13.0 Å². The number of aliphatic hydroxyl groups is 1. The molecule has 0 heterocycles. The van der Waals surface area contributed by atoms with E-state index in [0.717, 1.165) is 5.56 Å². The van der Waals surface area contributed by atoms with E-state index in [4.69, 9.17) is 10.8 Å². The average molecular weight is 251 g/mol. The summed E-state index contributed by atoms with van der Waals surface area (Å²) < 4.78 is 0. The van der Waals surface area contributed by atoms with Crippen LogP contribution in [0, 0.1) is 0 Å². The van der Waals surface area contributed by atoms with Crippen LogP contribution in [0.25, 0.3) is 0 Å². The van der Waals surface area contributed by atoms with Crippen LogP contribution in [0.4, 0.5) is 5.69 Å². The summed E-state index contributed by atoms with van der Waals surface area (Å²) in [4.78, 5) is 22.9. The first-order valence-electron chi connectivity index (χ1n) is 5.53. The SMILES string of the molecule is CNC(=O)C(CO)NC(=O)Cc1ccc(N)cc1. The van der Waals surface area contributed by atoms with E-state index in [1.54, 1.807) is 24.3 Å². The Morgan fingerprint density at radius 3 is 2.44 bits per heavy atom. The van der Waals surface area contributed by atoms with Crippen molar-refractivity contribution in [3.8, 4) is 0 Å². The van der Waals surface area contributed by atoms with Crippen molar-refractivity contribution in [2.45, 2.75) is 12.5 Å². The van der Waals surface area contributed by atoms with Gasteiger partial charge in [-0.2, -0.15) is 0 Å². The minimum Gasteiger partial charge on any atom is -0.399 e. The summed E-state index contributed by atoms with van der Waals surface area (Å²) >= 11 is 0. The van der Waals surface area contributed by atoms with Gasteiger partial charge in [0, 0.05) is 12.7 Å². The normalized spacial score (nSPS) is 11.7. The highest BCUT2D eigenvalue weighted by Gasteiger charge is 2.18. The van der Waals surface area contributed by atoms with Gasteiger partial charge in [-0.1, -0.05) is 12.1 Å². The Bertz CT molecular complexity index is 417. The van der Waals surface area contributed by atoms with Gasteiger partial charge in [0.25, 0.3) is 0 Å². The monoisotopic (exact) mass is 251 g/mol. The number of carbonyl (C=O) groups excluding carboxylic acids is 2. The van der Waals surface area contributed by atoms with Crippen molar-refractivity contribution in [2.24, 2.45) is 0 Å². The Balaban J connectivity index is 2.55. The number of nitrogens with one attached hydrogen (secondary N) is 2. The van der Waals surface area contributed by atoms with E-state index in [-0.39, 0.29) is 12.3 Å². The van der Waals surface area contributed by atoms with Crippen LogP contribution in [-0.4, -0.2) is 36.6 Å².